The number of carbonyl (C=O) groups is 1. The van der Waals surface area contributed by atoms with Crippen LogP contribution in [0.1, 0.15) is 35.2 Å². The molecule has 0 radical (unpaired) electrons. The van der Waals surface area contributed by atoms with Crippen molar-refractivity contribution >= 4 is 11.7 Å². The van der Waals surface area contributed by atoms with E-state index in [0.717, 1.165) is 22.8 Å². The lowest BCUT2D eigenvalue weighted by Gasteiger charge is -2.35. The first-order valence-electron chi connectivity index (χ1n) is 8.87. The van der Waals surface area contributed by atoms with Crippen LogP contribution in [0, 0.1) is 13.8 Å². The van der Waals surface area contributed by atoms with E-state index in [0.29, 0.717) is 38.4 Å². The molecule has 2 aromatic heterocycles. The van der Waals surface area contributed by atoms with Gasteiger partial charge in [0.05, 0.1) is 19.4 Å². The van der Waals surface area contributed by atoms with Crippen LogP contribution in [-0.4, -0.2) is 57.4 Å². The van der Waals surface area contributed by atoms with E-state index in [1.54, 1.807) is 0 Å². The average Bonchev–Trinajstić information content (AvgIpc) is 2.97. The molecule has 3 heterocycles. The Morgan fingerprint density at radius 3 is 2.88 bits per heavy atom. The average molecular weight is 358 g/mol. The van der Waals surface area contributed by atoms with Gasteiger partial charge in [-0.25, -0.2) is 9.97 Å². The van der Waals surface area contributed by atoms with Crippen LogP contribution in [0.3, 0.4) is 0 Å². The Hall–Kier alpha value is -2.48. The van der Waals surface area contributed by atoms with Gasteiger partial charge in [0, 0.05) is 44.5 Å². The molecule has 1 N–H and O–H groups in total. The molecule has 26 heavy (non-hydrogen) atoms. The maximum Gasteiger partial charge on any atom is 0.223 e. The van der Waals surface area contributed by atoms with Crippen molar-refractivity contribution in [3.63, 3.8) is 0 Å². The topological polar surface area (TPSA) is 85.2 Å². The molecule has 1 saturated heterocycles. The van der Waals surface area contributed by atoms with E-state index < -0.39 is 0 Å². The molecule has 0 aromatic carbocycles. The molecule has 1 aliphatic heterocycles. The van der Waals surface area contributed by atoms with Crippen molar-refractivity contribution in [2.75, 3.05) is 32.1 Å². The Morgan fingerprint density at radius 1 is 1.38 bits per heavy atom. The molecule has 1 atom stereocenters. The smallest absolute Gasteiger partial charge is 0.223 e. The van der Waals surface area contributed by atoms with Gasteiger partial charge in [-0.3, -0.25) is 9.48 Å². The number of anilines is 1. The summed E-state index contributed by atoms with van der Waals surface area (Å²) < 4.78 is 7.44. The quantitative estimate of drug-likeness (QED) is 0.870. The zero-order chi connectivity index (χ0) is 18.7. The summed E-state index contributed by atoms with van der Waals surface area (Å²) in [5, 5.41) is 7.28. The lowest BCUT2D eigenvalue weighted by atomic mass is 10.1. The zero-order valence-corrected chi connectivity index (χ0v) is 15.8. The molecule has 1 aliphatic rings. The van der Waals surface area contributed by atoms with E-state index >= 15 is 0 Å². The van der Waals surface area contributed by atoms with Crippen molar-refractivity contribution in [1.29, 1.82) is 0 Å². The second-order valence-corrected chi connectivity index (χ2v) is 6.56. The van der Waals surface area contributed by atoms with Gasteiger partial charge in [0.15, 0.2) is 5.82 Å². The largest absolute Gasteiger partial charge is 0.377 e. The number of nitrogens with zero attached hydrogens (tertiary/aromatic N) is 5. The molecule has 8 heteroatoms. The van der Waals surface area contributed by atoms with Crippen LogP contribution >= 0.6 is 0 Å². The monoisotopic (exact) mass is 358 g/mol. The maximum absolute atomic E-state index is 12.9. The minimum atomic E-state index is -0.252. The molecule has 1 fully saturated rings. The number of hydrogen-bond donors (Lipinski definition) is 1. The van der Waals surface area contributed by atoms with Crippen LogP contribution < -0.4 is 5.32 Å². The van der Waals surface area contributed by atoms with Crippen molar-refractivity contribution in [2.45, 2.75) is 32.7 Å². The number of ether oxygens (including phenoxy) is 1. The number of morpholine rings is 1. The van der Waals surface area contributed by atoms with Crippen LogP contribution in [0.2, 0.25) is 0 Å². The Bertz CT molecular complexity index is 788. The molecule has 3 rings (SSSR count). The minimum Gasteiger partial charge on any atom is -0.377 e. The summed E-state index contributed by atoms with van der Waals surface area (Å²) in [4.78, 5) is 23.8. The third-order valence-corrected chi connectivity index (χ3v) is 4.82. The van der Waals surface area contributed by atoms with Crippen LogP contribution in [0.5, 0.6) is 0 Å². The first-order valence-corrected chi connectivity index (χ1v) is 8.87. The number of aromatic nitrogens is 4. The fraction of sp³-hybridized carbons (Fsp3) is 0.556. The number of nitrogens with one attached hydrogen (secondary N) is 1. The van der Waals surface area contributed by atoms with Gasteiger partial charge >= 0.3 is 0 Å². The van der Waals surface area contributed by atoms with Gasteiger partial charge < -0.3 is 15.0 Å². The van der Waals surface area contributed by atoms with Crippen LogP contribution in [-0.2, 0) is 23.0 Å². The summed E-state index contributed by atoms with van der Waals surface area (Å²) in [6.45, 7) is 5.46. The summed E-state index contributed by atoms with van der Waals surface area (Å²) in [5.41, 5.74) is 3.07. The number of amides is 1. The van der Waals surface area contributed by atoms with Crippen molar-refractivity contribution < 1.29 is 9.53 Å². The third-order valence-electron chi connectivity index (χ3n) is 4.82. The Balaban J connectivity index is 1.75. The van der Waals surface area contributed by atoms with E-state index in [4.69, 9.17) is 4.74 Å². The molecule has 0 bridgehead atoms. The first kappa shape index (κ1) is 18.3. The molecule has 0 saturated carbocycles. The highest BCUT2D eigenvalue weighted by Crippen LogP contribution is 2.24. The predicted molar refractivity (Wildman–Crippen MR) is 97.9 cm³/mol. The number of hydrogen-bond acceptors (Lipinski definition) is 6. The maximum atomic E-state index is 12.9. The van der Waals surface area contributed by atoms with Gasteiger partial charge in [-0.1, -0.05) is 0 Å². The fourth-order valence-corrected chi connectivity index (χ4v) is 3.16. The Labute approximate surface area is 153 Å². The lowest BCUT2D eigenvalue weighted by molar-refractivity contribution is -0.140. The van der Waals surface area contributed by atoms with Crippen molar-refractivity contribution in [3.05, 3.63) is 35.0 Å². The molecule has 0 spiro atoms. The highest BCUT2D eigenvalue weighted by Gasteiger charge is 2.31. The second-order valence-electron chi connectivity index (χ2n) is 6.56. The Kier molecular flexibility index (Phi) is 5.51. The molecule has 1 amide bonds. The summed E-state index contributed by atoms with van der Waals surface area (Å²) in [5.74, 6) is 1.47. The van der Waals surface area contributed by atoms with E-state index in [1.165, 1.54) is 0 Å². The normalized spacial score (nSPS) is 17.4. The molecular formula is C18H26N6O2. The molecule has 140 valence electrons. The van der Waals surface area contributed by atoms with Crippen molar-refractivity contribution in [1.82, 2.24) is 24.6 Å². The van der Waals surface area contributed by atoms with Gasteiger partial charge in [-0.15, -0.1) is 0 Å². The van der Waals surface area contributed by atoms with Gasteiger partial charge in [0.25, 0.3) is 0 Å². The molecule has 0 unspecified atom stereocenters. The lowest BCUT2D eigenvalue weighted by Crippen LogP contribution is -2.44. The summed E-state index contributed by atoms with van der Waals surface area (Å²) in [6, 6.07) is 1.63. The first-order chi connectivity index (χ1) is 12.5. The van der Waals surface area contributed by atoms with E-state index in [2.05, 4.69) is 20.4 Å². The van der Waals surface area contributed by atoms with Gasteiger partial charge in [0.2, 0.25) is 5.91 Å². The number of aryl methyl sites for hydroxylation is 3. The summed E-state index contributed by atoms with van der Waals surface area (Å²) in [7, 11) is 3.73. The van der Waals surface area contributed by atoms with Gasteiger partial charge in [-0.2, -0.15) is 5.10 Å². The molecule has 0 aliphatic carbocycles. The number of carbonyl (C=O) groups excluding carboxylic acids is 1. The molecule has 8 nitrogen and oxygen atoms in total. The second kappa shape index (κ2) is 7.82. The van der Waals surface area contributed by atoms with E-state index in [1.807, 2.05) is 49.8 Å². The van der Waals surface area contributed by atoms with Gasteiger partial charge in [0.1, 0.15) is 11.9 Å². The highest BCUT2D eigenvalue weighted by molar-refractivity contribution is 5.77. The highest BCUT2D eigenvalue weighted by atomic mass is 16.5. The van der Waals surface area contributed by atoms with Crippen molar-refractivity contribution in [2.24, 2.45) is 7.05 Å². The van der Waals surface area contributed by atoms with Crippen LogP contribution in [0.4, 0.5) is 5.82 Å². The Morgan fingerprint density at radius 2 is 2.19 bits per heavy atom. The van der Waals surface area contributed by atoms with Crippen LogP contribution in [0.25, 0.3) is 0 Å². The standard InChI is InChI=1S/C18H26N6O2/c1-12-9-16(19-3)22-18(21-12)15-11-26-8-7-24(15)17(25)6-5-14-10-20-23(4)13(14)2/h9-10,15H,5-8,11H2,1-4H3,(H,19,21,22)/t15-/m0/s1. The van der Waals surface area contributed by atoms with E-state index in [9.17, 15) is 4.79 Å². The SMILES string of the molecule is CNc1cc(C)nc([C@@H]2COCCN2C(=O)CCc2cnn(C)c2C)n1. The summed E-state index contributed by atoms with van der Waals surface area (Å²) in [6.07, 6.45) is 2.95. The third kappa shape index (κ3) is 3.85. The van der Waals surface area contributed by atoms with Crippen LogP contribution in [0.15, 0.2) is 12.3 Å². The summed E-state index contributed by atoms with van der Waals surface area (Å²) >= 11 is 0. The molecular weight excluding hydrogens is 332 g/mol. The number of rotatable bonds is 5. The molecule has 2 aromatic rings. The van der Waals surface area contributed by atoms with Gasteiger partial charge in [-0.05, 0) is 25.8 Å². The zero-order valence-electron chi connectivity index (χ0n) is 15.8. The minimum absolute atomic E-state index is 0.0951. The van der Waals surface area contributed by atoms with E-state index in [-0.39, 0.29) is 11.9 Å². The van der Waals surface area contributed by atoms with Crippen molar-refractivity contribution in [3.8, 4) is 0 Å². The fourth-order valence-electron chi connectivity index (χ4n) is 3.16. The predicted octanol–water partition coefficient (Wildman–Crippen LogP) is 1.40.